The van der Waals surface area contributed by atoms with Gasteiger partial charge in [0.05, 0.1) is 19.3 Å². The Morgan fingerprint density at radius 3 is 2.78 bits per heavy atom. The Morgan fingerprint density at radius 1 is 1.43 bits per heavy atom. The summed E-state index contributed by atoms with van der Waals surface area (Å²) in [6.45, 7) is 3.45. The molecule has 2 rings (SSSR count). The van der Waals surface area contributed by atoms with E-state index in [1.165, 1.54) is 12.8 Å². The average Bonchev–Trinajstić information content (AvgIpc) is 2.48. The Morgan fingerprint density at radius 2 is 2.13 bits per heavy atom. The molecule has 0 unspecified atom stereocenters. The number of hydrogen-bond acceptors (Lipinski definition) is 4. The Kier molecular flexibility index (Phi) is 8.69. The fourth-order valence-electron chi connectivity index (χ4n) is 2.78. The molecular weight excluding hydrogens is 337 g/mol. The number of rotatable bonds is 6. The molecule has 1 aromatic rings. The van der Waals surface area contributed by atoms with Gasteiger partial charge in [-0.1, -0.05) is 11.6 Å². The predicted octanol–water partition coefficient (Wildman–Crippen LogP) is 2.64. The van der Waals surface area contributed by atoms with E-state index >= 15 is 0 Å². The molecule has 5 nitrogen and oxygen atoms in total. The van der Waals surface area contributed by atoms with E-state index in [2.05, 4.69) is 15.5 Å². The first-order valence-electron chi connectivity index (χ1n) is 7.61. The summed E-state index contributed by atoms with van der Waals surface area (Å²) < 4.78 is 5.23. The highest BCUT2D eigenvalue weighted by Crippen LogP contribution is 2.27. The number of methoxy groups -OCH3 is 1. The van der Waals surface area contributed by atoms with Crippen molar-refractivity contribution >= 4 is 35.6 Å². The Labute approximate surface area is 149 Å². The van der Waals surface area contributed by atoms with Crippen LogP contribution in [0.1, 0.15) is 12.8 Å². The van der Waals surface area contributed by atoms with Crippen LogP contribution in [-0.2, 0) is 4.79 Å². The van der Waals surface area contributed by atoms with Gasteiger partial charge in [0.2, 0.25) is 5.91 Å². The molecule has 23 heavy (non-hydrogen) atoms. The third-order valence-corrected chi connectivity index (χ3v) is 4.11. The molecule has 0 saturated carbocycles. The first-order valence-corrected chi connectivity index (χ1v) is 7.99. The number of nitrogens with zero attached hydrogens (tertiary/aromatic N) is 1. The standard InChI is InChI=1S/C16H24ClN3O2.ClH/c1-20(10-12-5-7-18-8-6-12)11-16(21)19-14-9-13(17)3-4-15(14)22-2;/h3-4,9,12,18H,5-8,10-11H2,1-2H3,(H,19,21);1H. The first-order chi connectivity index (χ1) is 10.6. The summed E-state index contributed by atoms with van der Waals surface area (Å²) in [4.78, 5) is 14.3. The fourth-order valence-corrected chi connectivity index (χ4v) is 2.95. The van der Waals surface area contributed by atoms with E-state index in [1.54, 1.807) is 25.3 Å². The normalized spacial score (nSPS) is 15.1. The summed E-state index contributed by atoms with van der Waals surface area (Å²) >= 11 is 5.97. The molecule has 0 aromatic heterocycles. The summed E-state index contributed by atoms with van der Waals surface area (Å²) in [5.74, 6) is 1.22. The van der Waals surface area contributed by atoms with Crippen molar-refractivity contribution in [2.24, 2.45) is 5.92 Å². The van der Waals surface area contributed by atoms with E-state index < -0.39 is 0 Å². The van der Waals surface area contributed by atoms with Crippen LogP contribution in [-0.4, -0.2) is 51.1 Å². The monoisotopic (exact) mass is 361 g/mol. The molecule has 1 amide bonds. The highest BCUT2D eigenvalue weighted by molar-refractivity contribution is 6.31. The van der Waals surface area contributed by atoms with Crippen molar-refractivity contribution in [3.05, 3.63) is 23.2 Å². The number of amides is 1. The number of carbonyl (C=O) groups is 1. The van der Waals surface area contributed by atoms with Crippen LogP contribution >= 0.6 is 24.0 Å². The summed E-state index contributed by atoms with van der Waals surface area (Å²) in [5.41, 5.74) is 0.607. The highest BCUT2D eigenvalue weighted by Gasteiger charge is 2.17. The van der Waals surface area contributed by atoms with Crippen LogP contribution in [0.15, 0.2) is 18.2 Å². The van der Waals surface area contributed by atoms with Crippen LogP contribution in [0.5, 0.6) is 5.75 Å². The van der Waals surface area contributed by atoms with E-state index in [1.807, 2.05) is 7.05 Å². The lowest BCUT2D eigenvalue weighted by Gasteiger charge is -2.27. The maximum absolute atomic E-state index is 12.2. The second-order valence-corrected chi connectivity index (χ2v) is 6.22. The molecule has 0 atom stereocenters. The van der Waals surface area contributed by atoms with E-state index in [9.17, 15) is 4.79 Å². The van der Waals surface area contributed by atoms with Crippen LogP contribution in [0.2, 0.25) is 5.02 Å². The average molecular weight is 362 g/mol. The minimum Gasteiger partial charge on any atom is -0.495 e. The molecule has 130 valence electrons. The molecule has 1 saturated heterocycles. The van der Waals surface area contributed by atoms with E-state index in [4.69, 9.17) is 16.3 Å². The van der Waals surface area contributed by atoms with Crippen molar-refractivity contribution in [2.75, 3.05) is 45.7 Å². The van der Waals surface area contributed by atoms with Crippen molar-refractivity contribution in [3.63, 3.8) is 0 Å². The quantitative estimate of drug-likeness (QED) is 0.817. The molecule has 0 bridgehead atoms. The lowest BCUT2D eigenvalue weighted by molar-refractivity contribution is -0.117. The third-order valence-electron chi connectivity index (χ3n) is 3.88. The predicted molar refractivity (Wildman–Crippen MR) is 97.0 cm³/mol. The zero-order valence-corrected chi connectivity index (χ0v) is 15.2. The number of carbonyl (C=O) groups excluding carboxylic acids is 1. The molecule has 1 aliphatic heterocycles. The van der Waals surface area contributed by atoms with Crippen LogP contribution < -0.4 is 15.4 Å². The SMILES string of the molecule is COc1ccc(Cl)cc1NC(=O)CN(C)CC1CCNCC1.Cl. The van der Waals surface area contributed by atoms with Gasteiger partial charge in [-0.05, 0) is 57.1 Å². The maximum atomic E-state index is 12.2. The lowest BCUT2D eigenvalue weighted by atomic mass is 9.98. The maximum Gasteiger partial charge on any atom is 0.238 e. The minimum absolute atomic E-state index is 0. The Bertz CT molecular complexity index is 508. The summed E-state index contributed by atoms with van der Waals surface area (Å²) in [7, 11) is 3.55. The van der Waals surface area contributed by atoms with Gasteiger partial charge < -0.3 is 15.4 Å². The first kappa shape index (κ1) is 20.0. The smallest absolute Gasteiger partial charge is 0.238 e. The topological polar surface area (TPSA) is 53.6 Å². The Hall–Kier alpha value is -1.01. The zero-order valence-electron chi connectivity index (χ0n) is 13.6. The molecule has 0 spiro atoms. The van der Waals surface area contributed by atoms with Gasteiger partial charge in [0, 0.05) is 11.6 Å². The van der Waals surface area contributed by atoms with Gasteiger partial charge in [-0.2, -0.15) is 0 Å². The molecule has 7 heteroatoms. The fraction of sp³-hybridized carbons (Fsp3) is 0.562. The molecule has 0 aliphatic carbocycles. The zero-order chi connectivity index (χ0) is 15.9. The molecule has 1 fully saturated rings. The van der Waals surface area contributed by atoms with E-state index in [0.717, 1.165) is 19.6 Å². The molecule has 1 aliphatic rings. The van der Waals surface area contributed by atoms with Gasteiger partial charge in [-0.25, -0.2) is 0 Å². The van der Waals surface area contributed by atoms with Crippen molar-refractivity contribution < 1.29 is 9.53 Å². The van der Waals surface area contributed by atoms with Crippen LogP contribution in [0, 0.1) is 5.92 Å². The van der Waals surface area contributed by atoms with Gasteiger partial charge in [-0.3, -0.25) is 9.69 Å². The van der Waals surface area contributed by atoms with Crippen molar-refractivity contribution in [1.29, 1.82) is 0 Å². The number of benzene rings is 1. The number of ether oxygens (including phenoxy) is 1. The second-order valence-electron chi connectivity index (χ2n) is 5.78. The highest BCUT2D eigenvalue weighted by atomic mass is 35.5. The van der Waals surface area contributed by atoms with Gasteiger partial charge in [0.25, 0.3) is 0 Å². The number of nitrogens with one attached hydrogen (secondary N) is 2. The van der Waals surface area contributed by atoms with Crippen LogP contribution in [0.25, 0.3) is 0 Å². The van der Waals surface area contributed by atoms with Gasteiger partial charge in [0.15, 0.2) is 0 Å². The van der Waals surface area contributed by atoms with Crippen molar-refractivity contribution in [2.45, 2.75) is 12.8 Å². The number of likely N-dealkylation sites (N-methyl/N-ethyl adjacent to an activating group) is 1. The molecule has 0 radical (unpaired) electrons. The number of halogens is 2. The number of anilines is 1. The molecule has 1 aromatic carbocycles. The van der Waals surface area contributed by atoms with E-state index in [0.29, 0.717) is 28.9 Å². The van der Waals surface area contributed by atoms with Gasteiger partial charge >= 0.3 is 0 Å². The van der Waals surface area contributed by atoms with Crippen molar-refractivity contribution in [1.82, 2.24) is 10.2 Å². The summed E-state index contributed by atoms with van der Waals surface area (Å²) in [5, 5.41) is 6.79. The van der Waals surface area contributed by atoms with Crippen LogP contribution in [0.4, 0.5) is 5.69 Å². The number of piperidine rings is 1. The van der Waals surface area contributed by atoms with Gasteiger partial charge in [0.1, 0.15) is 5.75 Å². The van der Waals surface area contributed by atoms with Crippen molar-refractivity contribution in [3.8, 4) is 5.75 Å². The molecule has 2 N–H and O–H groups in total. The summed E-state index contributed by atoms with van der Waals surface area (Å²) in [6.07, 6.45) is 2.35. The Balaban J connectivity index is 0.00000264. The molecular formula is C16H25Cl2N3O2. The second kappa shape index (κ2) is 9.98. The third kappa shape index (κ3) is 6.55. The minimum atomic E-state index is -0.0583. The lowest BCUT2D eigenvalue weighted by Crippen LogP contribution is -2.37. The number of hydrogen-bond donors (Lipinski definition) is 2. The summed E-state index contributed by atoms with van der Waals surface area (Å²) in [6, 6.07) is 5.18. The van der Waals surface area contributed by atoms with Crippen LogP contribution in [0.3, 0.4) is 0 Å². The largest absolute Gasteiger partial charge is 0.495 e. The molecule has 1 heterocycles. The van der Waals surface area contributed by atoms with Gasteiger partial charge in [-0.15, -0.1) is 12.4 Å². The van der Waals surface area contributed by atoms with E-state index in [-0.39, 0.29) is 18.3 Å².